The first-order valence-electron chi connectivity index (χ1n) is 4.61. The molecule has 2 atom stereocenters. The molecule has 0 aromatic carbocycles. The number of halogens is 2. The molecule has 0 bridgehead atoms. The lowest BCUT2D eigenvalue weighted by Crippen LogP contribution is -2.28. The van der Waals surface area contributed by atoms with Gasteiger partial charge in [0.1, 0.15) is 0 Å². The number of hydrogen-bond acceptors (Lipinski definition) is 1. The van der Waals surface area contributed by atoms with Crippen LogP contribution < -0.4 is 0 Å². The molecule has 0 aliphatic heterocycles. The van der Waals surface area contributed by atoms with E-state index in [1.54, 1.807) is 0 Å². The van der Waals surface area contributed by atoms with E-state index < -0.39 is 0 Å². The number of aliphatic hydroxyl groups excluding tert-OH is 1. The molecule has 0 amide bonds. The Morgan fingerprint density at radius 1 is 1.33 bits per heavy atom. The molecule has 2 saturated carbocycles. The average Bonchev–Trinajstić information content (AvgIpc) is 2.55. The Morgan fingerprint density at radius 2 is 2.00 bits per heavy atom. The maximum atomic E-state index is 9.26. The van der Waals surface area contributed by atoms with Crippen LogP contribution in [0.1, 0.15) is 32.1 Å². The fourth-order valence-corrected chi connectivity index (χ4v) is 4.69. The molecule has 12 heavy (non-hydrogen) atoms. The SMILES string of the molecule is OCC1CCCCC12CC2(Br)Br. The Morgan fingerprint density at radius 3 is 2.42 bits per heavy atom. The minimum absolute atomic E-state index is 0.154. The molecule has 70 valence electrons. The van der Waals surface area contributed by atoms with Crippen molar-refractivity contribution >= 4 is 31.9 Å². The minimum atomic E-state index is 0.154. The Kier molecular flexibility index (Phi) is 2.34. The molecule has 2 fully saturated rings. The van der Waals surface area contributed by atoms with Gasteiger partial charge in [0.25, 0.3) is 0 Å². The molecule has 0 radical (unpaired) electrons. The van der Waals surface area contributed by atoms with Gasteiger partial charge in [-0.05, 0) is 25.2 Å². The van der Waals surface area contributed by atoms with E-state index in [9.17, 15) is 5.11 Å². The van der Waals surface area contributed by atoms with Crippen molar-refractivity contribution < 1.29 is 5.11 Å². The Balaban J connectivity index is 2.13. The molecule has 2 rings (SSSR count). The lowest BCUT2D eigenvalue weighted by atomic mass is 9.77. The number of rotatable bonds is 1. The highest BCUT2D eigenvalue weighted by Gasteiger charge is 2.68. The summed E-state index contributed by atoms with van der Waals surface area (Å²) in [7, 11) is 0. The highest BCUT2D eigenvalue weighted by Crippen LogP contribution is 2.74. The zero-order valence-electron chi connectivity index (χ0n) is 7.02. The second-order valence-corrected chi connectivity index (χ2v) is 7.93. The molecule has 1 N–H and O–H groups in total. The van der Waals surface area contributed by atoms with E-state index in [4.69, 9.17) is 0 Å². The van der Waals surface area contributed by atoms with Crippen LogP contribution in [0.15, 0.2) is 0 Å². The maximum absolute atomic E-state index is 9.26. The summed E-state index contributed by atoms with van der Waals surface area (Å²) in [5.74, 6) is 0.519. The van der Waals surface area contributed by atoms with E-state index in [-0.39, 0.29) is 3.23 Å². The summed E-state index contributed by atoms with van der Waals surface area (Å²) in [5, 5.41) is 9.26. The minimum Gasteiger partial charge on any atom is -0.396 e. The fourth-order valence-electron chi connectivity index (χ4n) is 2.64. The quantitative estimate of drug-likeness (QED) is 0.738. The van der Waals surface area contributed by atoms with Gasteiger partial charge >= 0.3 is 0 Å². The third-order valence-corrected chi connectivity index (χ3v) is 5.71. The predicted octanol–water partition coefficient (Wildman–Crippen LogP) is 3.05. The molecular weight excluding hydrogens is 284 g/mol. The van der Waals surface area contributed by atoms with Crippen LogP contribution in [0.2, 0.25) is 0 Å². The van der Waals surface area contributed by atoms with Gasteiger partial charge in [-0.3, -0.25) is 0 Å². The molecule has 3 heteroatoms. The van der Waals surface area contributed by atoms with E-state index in [1.807, 2.05) is 0 Å². The van der Waals surface area contributed by atoms with E-state index in [2.05, 4.69) is 31.9 Å². The first-order chi connectivity index (χ1) is 5.62. The summed E-state index contributed by atoms with van der Waals surface area (Å²) in [6.45, 7) is 0.360. The zero-order chi connectivity index (χ0) is 8.82. The molecule has 1 spiro atoms. The van der Waals surface area contributed by atoms with E-state index >= 15 is 0 Å². The van der Waals surface area contributed by atoms with E-state index in [0.29, 0.717) is 17.9 Å². The summed E-state index contributed by atoms with van der Waals surface area (Å²) >= 11 is 7.38. The van der Waals surface area contributed by atoms with Crippen molar-refractivity contribution in [3.8, 4) is 0 Å². The monoisotopic (exact) mass is 296 g/mol. The molecule has 2 aliphatic rings. The van der Waals surface area contributed by atoms with Crippen molar-refractivity contribution in [2.45, 2.75) is 35.3 Å². The van der Waals surface area contributed by atoms with Gasteiger partial charge in [-0.1, -0.05) is 44.7 Å². The summed E-state index contributed by atoms with van der Waals surface area (Å²) in [5.41, 5.74) is 0.375. The number of aliphatic hydroxyl groups is 1. The van der Waals surface area contributed by atoms with Crippen LogP contribution in [0.4, 0.5) is 0 Å². The molecule has 0 aromatic rings. The van der Waals surface area contributed by atoms with Gasteiger partial charge in [0, 0.05) is 12.0 Å². The molecule has 1 nitrogen and oxygen atoms in total. The van der Waals surface area contributed by atoms with Gasteiger partial charge in [0.15, 0.2) is 0 Å². The van der Waals surface area contributed by atoms with Crippen LogP contribution >= 0.6 is 31.9 Å². The van der Waals surface area contributed by atoms with Crippen LogP contribution in [0.5, 0.6) is 0 Å². The van der Waals surface area contributed by atoms with Gasteiger partial charge in [0.05, 0.1) is 3.23 Å². The van der Waals surface area contributed by atoms with Crippen LogP contribution in [0, 0.1) is 11.3 Å². The third-order valence-electron chi connectivity index (χ3n) is 3.57. The second-order valence-electron chi connectivity index (χ2n) is 4.16. The Labute approximate surface area is 90.2 Å². The lowest BCUT2D eigenvalue weighted by molar-refractivity contribution is 0.120. The normalized spacial score (nSPS) is 44.8. The Bertz CT molecular complexity index is 193. The van der Waals surface area contributed by atoms with E-state index in [0.717, 1.165) is 0 Å². The van der Waals surface area contributed by atoms with Crippen molar-refractivity contribution in [1.29, 1.82) is 0 Å². The van der Waals surface area contributed by atoms with Crippen LogP contribution in [-0.4, -0.2) is 14.9 Å². The zero-order valence-corrected chi connectivity index (χ0v) is 10.2. The van der Waals surface area contributed by atoms with Crippen LogP contribution in [0.3, 0.4) is 0 Å². The first-order valence-corrected chi connectivity index (χ1v) is 6.20. The predicted molar refractivity (Wildman–Crippen MR) is 56.7 cm³/mol. The Hall–Kier alpha value is 0.920. The molecule has 2 aliphatic carbocycles. The maximum Gasteiger partial charge on any atom is 0.0871 e. The summed E-state index contributed by atoms with van der Waals surface area (Å²) in [6, 6.07) is 0. The fraction of sp³-hybridized carbons (Fsp3) is 1.00. The van der Waals surface area contributed by atoms with Crippen molar-refractivity contribution in [3.05, 3.63) is 0 Å². The average molecular weight is 298 g/mol. The van der Waals surface area contributed by atoms with Gasteiger partial charge in [0.2, 0.25) is 0 Å². The lowest BCUT2D eigenvalue weighted by Gasteiger charge is -2.32. The van der Waals surface area contributed by atoms with Gasteiger partial charge in [-0.2, -0.15) is 0 Å². The molecule has 0 aromatic heterocycles. The third kappa shape index (κ3) is 1.20. The first kappa shape index (κ1) is 9.47. The van der Waals surface area contributed by atoms with Crippen molar-refractivity contribution in [2.75, 3.05) is 6.61 Å². The summed E-state index contributed by atoms with van der Waals surface area (Å²) in [6.07, 6.45) is 6.29. The highest BCUT2D eigenvalue weighted by molar-refractivity contribution is 9.25. The number of hydrogen-bond donors (Lipinski definition) is 1. The van der Waals surface area contributed by atoms with Crippen LogP contribution in [0.25, 0.3) is 0 Å². The standard InChI is InChI=1S/C9H14Br2O/c10-9(11)6-8(9)4-2-1-3-7(8)5-12/h7,12H,1-6H2. The molecule has 0 heterocycles. The molecule has 0 saturated heterocycles. The van der Waals surface area contributed by atoms with Gasteiger partial charge < -0.3 is 5.11 Å². The van der Waals surface area contributed by atoms with Gasteiger partial charge in [-0.15, -0.1) is 0 Å². The molecule has 2 unspecified atom stereocenters. The largest absolute Gasteiger partial charge is 0.396 e. The van der Waals surface area contributed by atoms with Gasteiger partial charge in [-0.25, -0.2) is 0 Å². The highest BCUT2D eigenvalue weighted by atomic mass is 79.9. The van der Waals surface area contributed by atoms with Crippen molar-refractivity contribution in [2.24, 2.45) is 11.3 Å². The van der Waals surface area contributed by atoms with Crippen LogP contribution in [-0.2, 0) is 0 Å². The van der Waals surface area contributed by atoms with E-state index in [1.165, 1.54) is 32.1 Å². The summed E-state index contributed by atoms with van der Waals surface area (Å²) in [4.78, 5) is 0. The topological polar surface area (TPSA) is 20.2 Å². The number of alkyl halides is 2. The van der Waals surface area contributed by atoms with Crippen molar-refractivity contribution in [3.63, 3.8) is 0 Å². The van der Waals surface area contributed by atoms with Crippen molar-refractivity contribution in [1.82, 2.24) is 0 Å². The molecular formula is C9H14Br2O. The summed E-state index contributed by atoms with van der Waals surface area (Å²) < 4.78 is 0.154. The second kappa shape index (κ2) is 2.96. The smallest absolute Gasteiger partial charge is 0.0871 e.